The van der Waals surface area contributed by atoms with E-state index in [2.05, 4.69) is 9.62 Å². The van der Waals surface area contributed by atoms with Crippen LogP contribution in [0.1, 0.15) is 63.2 Å². The van der Waals surface area contributed by atoms with Gasteiger partial charge < -0.3 is 29.3 Å². The molecule has 0 fully saturated rings. The molecule has 2 aromatic rings. The Balaban J connectivity index is 1.93. The van der Waals surface area contributed by atoms with Gasteiger partial charge in [0.25, 0.3) is 15.9 Å². The van der Waals surface area contributed by atoms with Gasteiger partial charge in [-0.05, 0) is 90.5 Å². The highest BCUT2D eigenvalue weighted by Gasteiger charge is 2.31. The lowest BCUT2D eigenvalue weighted by Gasteiger charge is -2.36. The van der Waals surface area contributed by atoms with Crippen LogP contribution in [0.2, 0.25) is 0 Å². The van der Waals surface area contributed by atoms with E-state index >= 15 is 0 Å². The fraction of sp³-hybridized carbons (Fsp3) is 0.588. The minimum atomic E-state index is -3.90. The van der Waals surface area contributed by atoms with Crippen molar-refractivity contribution in [1.29, 1.82) is 0 Å². The number of likely N-dealkylation sites (N-methyl/N-ethyl adjacent to an activating group) is 1. The summed E-state index contributed by atoms with van der Waals surface area (Å²) in [4.78, 5) is 32.7. The van der Waals surface area contributed by atoms with Gasteiger partial charge in [-0.3, -0.25) is 14.3 Å². The molecule has 1 aliphatic rings. The summed E-state index contributed by atoms with van der Waals surface area (Å²) in [5.74, 6) is -0.212. The number of aliphatic hydroxyl groups excluding tert-OH is 1. The first kappa shape index (κ1) is 37.3. The predicted molar refractivity (Wildman–Crippen MR) is 180 cm³/mol. The van der Waals surface area contributed by atoms with E-state index in [1.54, 1.807) is 54.1 Å². The van der Waals surface area contributed by atoms with Crippen molar-refractivity contribution >= 4 is 27.5 Å². The van der Waals surface area contributed by atoms with Crippen LogP contribution in [-0.2, 0) is 19.6 Å². The summed E-state index contributed by atoms with van der Waals surface area (Å²) in [6, 6.07) is 12.2. The van der Waals surface area contributed by atoms with E-state index < -0.39 is 22.0 Å². The van der Waals surface area contributed by atoms with E-state index in [1.165, 1.54) is 18.2 Å². The van der Waals surface area contributed by atoms with E-state index in [4.69, 9.17) is 9.47 Å². The fourth-order valence-electron chi connectivity index (χ4n) is 5.37. The van der Waals surface area contributed by atoms with Gasteiger partial charge in [0.15, 0.2) is 0 Å². The molecule has 0 bridgehead atoms. The Morgan fingerprint density at radius 3 is 2.50 bits per heavy atom. The number of hydrogen-bond donors (Lipinski definition) is 2. The van der Waals surface area contributed by atoms with Gasteiger partial charge in [-0.15, -0.1) is 0 Å². The van der Waals surface area contributed by atoms with Crippen LogP contribution in [-0.4, -0.2) is 112 Å². The number of ether oxygens (including phenoxy) is 2. The summed E-state index contributed by atoms with van der Waals surface area (Å²) >= 11 is 0. The molecule has 0 unspecified atom stereocenters. The maximum absolute atomic E-state index is 14.3. The highest BCUT2D eigenvalue weighted by Crippen LogP contribution is 2.29. The Morgan fingerprint density at radius 1 is 1.11 bits per heavy atom. The van der Waals surface area contributed by atoms with Gasteiger partial charge in [0.05, 0.1) is 35.3 Å². The molecule has 2 N–H and O–H groups in total. The lowest BCUT2D eigenvalue weighted by Crippen LogP contribution is -2.48. The van der Waals surface area contributed by atoms with Crippen LogP contribution < -0.4 is 9.46 Å². The van der Waals surface area contributed by atoms with Gasteiger partial charge >= 0.3 is 0 Å². The van der Waals surface area contributed by atoms with Crippen LogP contribution in [0.5, 0.6) is 5.75 Å². The quantitative estimate of drug-likeness (QED) is 0.369. The molecule has 2 aromatic carbocycles. The molecular weight excluding hydrogens is 608 g/mol. The smallest absolute Gasteiger partial charge is 0.261 e. The molecule has 11 nitrogen and oxygen atoms in total. The molecule has 1 aliphatic heterocycles. The summed E-state index contributed by atoms with van der Waals surface area (Å²) in [5.41, 5.74) is 0.406. The van der Waals surface area contributed by atoms with Gasteiger partial charge in [-0.1, -0.05) is 25.1 Å². The molecule has 12 heteroatoms. The van der Waals surface area contributed by atoms with E-state index in [-0.39, 0.29) is 53.3 Å². The highest BCUT2D eigenvalue weighted by molar-refractivity contribution is 7.92. The normalized spacial score (nSPS) is 20.7. The number of anilines is 1. The van der Waals surface area contributed by atoms with Crippen molar-refractivity contribution < 1.29 is 32.6 Å². The minimum Gasteiger partial charge on any atom is -0.490 e. The Bertz CT molecular complexity index is 1370. The maximum Gasteiger partial charge on any atom is 0.261 e. The number of sulfonamides is 1. The number of nitrogens with one attached hydrogen (secondary N) is 1. The average Bonchev–Trinajstić information content (AvgIpc) is 3.02. The highest BCUT2D eigenvalue weighted by atomic mass is 32.2. The molecule has 3 rings (SSSR count). The molecule has 0 aliphatic carbocycles. The van der Waals surface area contributed by atoms with E-state index in [0.717, 1.165) is 32.2 Å². The SMILES string of the molecule is C[C@@H]1CCCCO[C@@H](CN(C)C(=O)CCCN(C)C)[C@H](C)CN([C@@H](C)CO)C(=O)c2cc(NS(=O)(=O)c3ccccc3)ccc2O1. The third-order valence-electron chi connectivity index (χ3n) is 8.23. The van der Waals surface area contributed by atoms with Crippen LogP contribution >= 0.6 is 0 Å². The summed E-state index contributed by atoms with van der Waals surface area (Å²) in [7, 11) is 1.84. The number of nitrogens with zero attached hydrogens (tertiary/aromatic N) is 3. The Hall–Kier alpha value is -3.19. The monoisotopic (exact) mass is 660 g/mol. The molecule has 256 valence electrons. The molecule has 2 amide bonds. The van der Waals surface area contributed by atoms with Gasteiger partial charge in [0.1, 0.15) is 5.75 Å². The number of benzene rings is 2. The summed E-state index contributed by atoms with van der Waals surface area (Å²) in [6.45, 7) is 7.34. The second kappa shape index (κ2) is 17.7. The Kier molecular flexibility index (Phi) is 14.3. The van der Waals surface area contributed by atoms with E-state index in [9.17, 15) is 23.1 Å². The van der Waals surface area contributed by atoms with Crippen LogP contribution in [0.4, 0.5) is 5.69 Å². The van der Waals surface area contributed by atoms with E-state index in [0.29, 0.717) is 25.3 Å². The summed E-state index contributed by atoms with van der Waals surface area (Å²) in [6.07, 6.45) is 3.01. The Labute approximate surface area is 274 Å². The second-order valence-corrected chi connectivity index (χ2v) is 14.3. The number of carbonyl (C=O) groups excluding carboxylic acids is 2. The lowest BCUT2D eigenvalue weighted by atomic mass is 10.0. The molecule has 0 saturated carbocycles. The van der Waals surface area contributed by atoms with Gasteiger partial charge in [0.2, 0.25) is 5.91 Å². The van der Waals surface area contributed by atoms with Crippen molar-refractivity contribution in [3.63, 3.8) is 0 Å². The first-order valence-corrected chi connectivity index (χ1v) is 17.6. The third-order valence-corrected chi connectivity index (χ3v) is 9.63. The zero-order valence-corrected chi connectivity index (χ0v) is 29.0. The van der Waals surface area contributed by atoms with Crippen LogP contribution in [0.3, 0.4) is 0 Å². The molecule has 1 heterocycles. The maximum atomic E-state index is 14.3. The number of amides is 2. The topological polar surface area (TPSA) is 129 Å². The second-order valence-electron chi connectivity index (χ2n) is 12.6. The molecule has 0 radical (unpaired) electrons. The molecule has 0 saturated heterocycles. The third kappa shape index (κ3) is 11.0. The summed E-state index contributed by atoms with van der Waals surface area (Å²) < 4.78 is 41.4. The van der Waals surface area contributed by atoms with Crippen molar-refractivity contribution in [1.82, 2.24) is 14.7 Å². The number of carbonyl (C=O) groups is 2. The van der Waals surface area contributed by atoms with E-state index in [1.807, 2.05) is 27.9 Å². The van der Waals surface area contributed by atoms with Crippen LogP contribution in [0.25, 0.3) is 0 Å². The largest absolute Gasteiger partial charge is 0.490 e. The van der Waals surface area contributed by atoms with Crippen molar-refractivity contribution in [2.24, 2.45) is 5.92 Å². The molecule has 0 aromatic heterocycles. The molecule has 46 heavy (non-hydrogen) atoms. The number of aliphatic hydroxyl groups is 1. The first-order valence-electron chi connectivity index (χ1n) is 16.1. The number of fused-ring (bicyclic) bond motifs is 1. The molecule has 0 spiro atoms. The standard InChI is InChI=1S/C34H52N4O7S/c1-25-22-38(26(2)24-39)34(41)30-21-28(35-46(42,43)29-14-8-7-9-15-29)17-18-31(30)45-27(3)13-10-11-20-44-32(25)23-37(6)33(40)16-12-19-36(4)5/h7-9,14-15,17-18,21,25-27,32,35,39H,10-13,16,19-20,22-24H2,1-6H3/t25-,26+,27-,32+/m1/s1. The number of hydrogen-bond acceptors (Lipinski definition) is 8. The van der Waals surface area contributed by atoms with Gasteiger partial charge in [0, 0.05) is 44.8 Å². The lowest BCUT2D eigenvalue weighted by molar-refractivity contribution is -0.132. The fourth-order valence-corrected chi connectivity index (χ4v) is 6.44. The zero-order valence-electron chi connectivity index (χ0n) is 28.1. The molecule has 4 atom stereocenters. The van der Waals surface area contributed by atoms with Crippen LogP contribution in [0, 0.1) is 5.92 Å². The Morgan fingerprint density at radius 2 is 1.83 bits per heavy atom. The van der Waals surface area contributed by atoms with Gasteiger partial charge in [-0.2, -0.15) is 0 Å². The van der Waals surface area contributed by atoms with Gasteiger partial charge in [-0.25, -0.2) is 8.42 Å². The average molecular weight is 661 g/mol. The summed E-state index contributed by atoms with van der Waals surface area (Å²) in [5, 5.41) is 10.2. The van der Waals surface area contributed by atoms with Crippen molar-refractivity contribution in [2.45, 2.75) is 76.0 Å². The van der Waals surface area contributed by atoms with Crippen LogP contribution in [0.15, 0.2) is 53.4 Å². The number of rotatable bonds is 11. The zero-order chi connectivity index (χ0) is 33.9. The predicted octanol–water partition coefficient (Wildman–Crippen LogP) is 4.08. The minimum absolute atomic E-state index is 0.0408. The first-order chi connectivity index (χ1) is 21.8. The van der Waals surface area contributed by atoms with Crippen molar-refractivity contribution in [2.75, 3.05) is 58.7 Å². The molecular formula is C34H52N4O7S. The van der Waals surface area contributed by atoms with Crippen molar-refractivity contribution in [3.05, 3.63) is 54.1 Å². The van der Waals surface area contributed by atoms with Crippen molar-refractivity contribution in [3.8, 4) is 5.75 Å².